The van der Waals surface area contributed by atoms with Gasteiger partial charge < -0.3 is 9.88 Å². The van der Waals surface area contributed by atoms with Gasteiger partial charge in [0.05, 0.1) is 17.3 Å². The van der Waals surface area contributed by atoms with Crippen molar-refractivity contribution >= 4 is 22.4 Å². The van der Waals surface area contributed by atoms with Crippen molar-refractivity contribution in [3.05, 3.63) is 87.6 Å². The second-order valence-corrected chi connectivity index (χ2v) is 8.07. The molecule has 6 heteroatoms. The van der Waals surface area contributed by atoms with E-state index in [1.54, 1.807) is 6.20 Å². The maximum atomic E-state index is 13.3. The van der Waals surface area contributed by atoms with Crippen molar-refractivity contribution in [2.45, 2.75) is 40.7 Å². The second-order valence-electron chi connectivity index (χ2n) is 8.07. The molecule has 1 N–H and O–H groups in total. The number of anilines is 1. The fourth-order valence-corrected chi connectivity index (χ4v) is 4.32. The normalized spacial score (nSPS) is 12.2. The van der Waals surface area contributed by atoms with E-state index in [2.05, 4.69) is 16.5 Å². The van der Waals surface area contributed by atoms with E-state index in [1.807, 2.05) is 81.7 Å². The Morgan fingerprint density at radius 3 is 2.26 bits per heavy atom. The van der Waals surface area contributed by atoms with Gasteiger partial charge in [-0.25, -0.2) is 0 Å². The zero-order valence-electron chi connectivity index (χ0n) is 18.4. The van der Waals surface area contributed by atoms with Crippen molar-refractivity contribution in [2.75, 3.05) is 5.32 Å². The van der Waals surface area contributed by atoms with Gasteiger partial charge in [-0.1, -0.05) is 24.3 Å². The van der Waals surface area contributed by atoms with Gasteiger partial charge in [0.1, 0.15) is 6.04 Å². The highest BCUT2D eigenvalue weighted by molar-refractivity contribution is 5.95. The van der Waals surface area contributed by atoms with Crippen molar-refractivity contribution in [1.29, 1.82) is 0 Å². The van der Waals surface area contributed by atoms with Crippen LogP contribution in [0.2, 0.25) is 0 Å². The number of fused-ring (bicyclic) bond motifs is 1. The van der Waals surface area contributed by atoms with Crippen molar-refractivity contribution < 1.29 is 4.79 Å². The highest BCUT2D eigenvalue weighted by Crippen LogP contribution is 2.27. The molecule has 0 aliphatic heterocycles. The molecule has 0 radical (unpaired) electrons. The Balaban J connectivity index is 1.76. The van der Waals surface area contributed by atoms with Crippen LogP contribution in [0.3, 0.4) is 0 Å². The molecule has 4 aromatic rings. The number of carbonyl (C=O) groups is 1. The molecule has 2 aromatic carbocycles. The molecule has 1 amide bonds. The number of para-hydroxylation sites is 1. The van der Waals surface area contributed by atoms with E-state index in [4.69, 9.17) is 0 Å². The van der Waals surface area contributed by atoms with Crippen LogP contribution in [0.15, 0.2) is 59.5 Å². The van der Waals surface area contributed by atoms with Gasteiger partial charge in [-0.3, -0.25) is 9.59 Å². The van der Waals surface area contributed by atoms with Crippen LogP contribution in [0.5, 0.6) is 0 Å². The van der Waals surface area contributed by atoms with E-state index in [0.717, 1.165) is 33.6 Å². The Morgan fingerprint density at radius 1 is 0.968 bits per heavy atom. The van der Waals surface area contributed by atoms with Gasteiger partial charge in [0.25, 0.3) is 5.56 Å². The van der Waals surface area contributed by atoms with Crippen LogP contribution in [0.1, 0.15) is 35.5 Å². The molecule has 1 unspecified atom stereocenters. The fraction of sp³-hybridized carbons (Fsp3) is 0.240. The number of rotatable bonds is 4. The summed E-state index contributed by atoms with van der Waals surface area (Å²) in [6.07, 6.45) is 1.71. The van der Waals surface area contributed by atoms with Crippen molar-refractivity contribution in [3.63, 3.8) is 0 Å². The first-order valence-electron chi connectivity index (χ1n) is 10.3. The molecule has 0 aliphatic rings. The van der Waals surface area contributed by atoms with E-state index in [1.165, 1.54) is 4.68 Å². The molecular formula is C25H26N4O2. The number of hydrogen-bond donors (Lipinski definition) is 1. The summed E-state index contributed by atoms with van der Waals surface area (Å²) < 4.78 is 3.32. The summed E-state index contributed by atoms with van der Waals surface area (Å²) in [5, 5.41) is 8.74. The van der Waals surface area contributed by atoms with Crippen molar-refractivity contribution in [2.24, 2.45) is 0 Å². The van der Waals surface area contributed by atoms with Crippen LogP contribution < -0.4 is 10.9 Å². The number of amides is 1. The Kier molecular flexibility index (Phi) is 5.23. The molecule has 2 aromatic heterocycles. The SMILES string of the molecule is Cc1cc(C)cc(NC(=O)C(C)n2c(C)c3cnn(-c4ccccc4)c(=O)c3c2C)c1. The summed E-state index contributed by atoms with van der Waals surface area (Å²) in [7, 11) is 0. The number of aryl methyl sites for hydroxylation is 4. The van der Waals surface area contributed by atoms with E-state index in [-0.39, 0.29) is 11.5 Å². The Hall–Kier alpha value is -3.67. The molecule has 2 heterocycles. The van der Waals surface area contributed by atoms with Gasteiger partial charge in [-0.2, -0.15) is 9.78 Å². The Bertz CT molecular complexity index is 1330. The predicted molar refractivity (Wildman–Crippen MR) is 124 cm³/mol. The zero-order chi connectivity index (χ0) is 22.3. The lowest BCUT2D eigenvalue weighted by molar-refractivity contribution is -0.118. The number of benzene rings is 2. The molecule has 0 bridgehead atoms. The average Bonchev–Trinajstić information content (AvgIpc) is 2.98. The van der Waals surface area contributed by atoms with Gasteiger partial charge in [0.2, 0.25) is 5.91 Å². The molecule has 31 heavy (non-hydrogen) atoms. The molecule has 1 atom stereocenters. The molecule has 0 saturated carbocycles. The Morgan fingerprint density at radius 2 is 1.61 bits per heavy atom. The van der Waals surface area contributed by atoms with Crippen LogP contribution in [-0.2, 0) is 4.79 Å². The summed E-state index contributed by atoms with van der Waals surface area (Å²) in [6.45, 7) is 9.66. The molecule has 158 valence electrons. The predicted octanol–water partition coefficient (Wildman–Crippen LogP) is 4.62. The van der Waals surface area contributed by atoms with Crippen LogP contribution in [-0.4, -0.2) is 20.3 Å². The third kappa shape index (κ3) is 3.65. The first kappa shape index (κ1) is 20.6. The number of hydrogen-bond acceptors (Lipinski definition) is 3. The van der Waals surface area contributed by atoms with Gasteiger partial charge in [0, 0.05) is 22.5 Å². The monoisotopic (exact) mass is 414 g/mol. The summed E-state index contributed by atoms with van der Waals surface area (Å²) in [5.74, 6) is -0.132. The quantitative estimate of drug-likeness (QED) is 0.530. The maximum absolute atomic E-state index is 13.3. The van der Waals surface area contributed by atoms with Crippen molar-refractivity contribution in [1.82, 2.24) is 14.3 Å². The van der Waals surface area contributed by atoms with Gasteiger partial charge in [0.15, 0.2) is 0 Å². The number of aromatic nitrogens is 3. The van der Waals surface area contributed by atoms with Gasteiger partial charge in [-0.05, 0) is 70.0 Å². The van der Waals surface area contributed by atoms with Crippen LogP contribution >= 0.6 is 0 Å². The molecule has 0 fully saturated rings. The lowest BCUT2D eigenvalue weighted by Gasteiger charge is -2.18. The summed E-state index contributed by atoms with van der Waals surface area (Å²) in [4.78, 5) is 26.3. The largest absolute Gasteiger partial charge is 0.336 e. The average molecular weight is 415 g/mol. The van der Waals surface area contributed by atoms with Crippen LogP contribution in [0.4, 0.5) is 5.69 Å². The minimum absolute atomic E-state index is 0.132. The summed E-state index contributed by atoms with van der Waals surface area (Å²) in [5.41, 5.74) is 5.08. The lowest BCUT2D eigenvalue weighted by atomic mass is 10.1. The smallest absolute Gasteiger partial charge is 0.281 e. The highest BCUT2D eigenvalue weighted by atomic mass is 16.2. The zero-order valence-corrected chi connectivity index (χ0v) is 18.4. The first-order valence-corrected chi connectivity index (χ1v) is 10.3. The third-order valence-corrected chi connectivity index (χ3v) is 5.71. The van der Waals surface area contributed by atoms with Crippen molar-refractivity contribution in [3.8, 4) is 5.69 Å². The molecule has 0 saturated heterocycles. The topological polar surface area (TPSA) is 68.9 Å². The van der Waals surface area contributed by atoms with E-state index < -0.39 is 6.04 Å². The number of carbonyl (C=O) groups excluding carboxylic acids is 1. The number of nitrogens with zero attached hydrogens (tertiary/aromatic N) is 3. The van der Waals surface area contributed by atoms with Gasteiger partial charge >= 0.3 is 0 Å². The summed E-state index contributed by atoms with van der Waals surface area (Å²) >= 11 is 0. The Labute approximate surface area is 181 Å². The third-order valence-electron chi connectivity index (χ3n) is 5.71. The molecule has 0 spiro atoms. The minimum Gasteiger partial charge on any atom is -0.336 e. The van der Waals surface area contributed by atoms with Crippen LogP contribution in [0.25, 0.3) is 16.5 Å². The molecule has 0 aliphatic carbocycles. The molecular weight excluding hydrogens is 388 g/mol. The summed E-state index contributed by atoms with van der Waals surface area (Å²) in [6, 6.07) is 14.8. The first-order chi connectivity index (χ1) is 14.8. The number of nitrogens with one attached hydrogen (secondary N) is 1. The van der Waals surface area contributed by atoms with Gasteiger partial charge in [-0.15, -0.1) is 0 Å². The highest BCUT2D eigenvalue weighted by Gasteiger charge is 2.24. The lowest BCUT2D eigenvalue weighted by Crippen LogP contribution is -2.25. The molecule has 4 rings (SSSR count). The van der Waals surface area contributed by atoms with E-state index >= 15 is 0 Å². The molecule has 6 nitrogen and oxygen atoms in total. The fourth-order valence-electron chi connectivity index (χ4n) is 4.32. The van der Waals surface area contributed by atoms with E-state index in [9.17, 15) is 9.59 Å². The standard InChI is InChI=1S/C25H26N4O2/c1-15-11-16(2)13-20(12-15)27-24(30)19(5)28-17(3)22-14-26-29(21-9-7-6-8-10-21)25(31)23(22)18(28)4/h6-14,19H,1-5H3,(H,27,30). The minimum atomic E-state index is -0.488. The van der Waals surface area contributed by atoms with Crippen LogP contribution in [0, 0.1) is 27.7 Å². The second kappa shape index (κ2) is 7.87. The van der Waals surface area contributed by atoms with E-state index in [0.29, 0.717) is 11.1 Å². The maximum Gasteiger partial charge on any atom is 0.281 e.